The van der Waals surface area contributed by atoms with Gasteiger partial charge in [0.15, 0.2) is 0 Å². The predicted molar refractivity (Wildman–Crippen MR) is 53.2 cm³/mol. The zero-order valence-corrected chi connectivity index (χ0v) is 9.04. The summed E-state index contributed by atoms with van der Waals surface area (Å²) < 4.78 is 0. The lowest BCUT2D eigenvalue weighted by molar-refractivity contribution is 0.375. The molecule has 68 valence electrons. The minimum atomic E-state index is 0.0655. The third-order valence-electron chi connectivity index (χ3n) is 2.57. The summed E-state index contributed by atoms with van der Waals surface area (Å²) in [6.07, 6.45) is 4.77. The van der Waals surface area contributed by atoms with Gasteiger partial charge in [-0.25, -0.2) is 0 Å². The molecule has 0 amide bonds. The average Bonchev–Trinajstić information content (AvgIpc) is 2.00. The van der Waals surface area contributed by atoms with Crippen LogP contribution in [0, 0.1) is 5.92 Å². The number of rotatable bonds is 5. The fourth-order valence-corrected chi connectivity index (χ4v) is 1.48. The van der Waals surface area contributed by atoms with Crippen LogP contribution in [-0.2, 0) is 0 Å². The van der Waals surface area contributed by atoms with E-state index >= 15 is 0 Å². The zero-order valence-electron chi connectivity index (χ0n) is 8.28. The summed E-state index contributed by atoms with van der Waals surface area (Å²) in [6, 6.07) is 0. The van der Waals surface area contributed by atoms with Gasteiger partial charge in [-0.05, 0) is 18.8 Å². The van der Waals surface area contributed by atoms with E-state index in [2.05, 4.69) is 27.7 Å². The van der Waals surface area contributed by atoms with Gasteiger partial charge >= 0.3 is 0 Å². The van der Waals surface area contributed by atoms with Gasteiger partial charge in [-0.15, -0.1) is 11.6 Å². The first-order valence-electron chi connectivity index (χ1n) is 4.75. The Balaban J connectivity index is 3.88. The normalized spacial score (nSPS) is 16.9. The molecule has 0 saturated heterocycles. The van der Waals surface area contributed by atoms with Gasteiger partial charge in [0, 0.05) is 4.87 Å². The molecule has 0 aromatic heterocycles. The Morgan fingerprint density at radius 2 is 1.82 bits per heavy atom. The molecule has 0 aliphatic carbocycles. The summed E-state index contributed by atoms with van der Waals surface area (Å²) in [6.45, 7) is 8.83. The van der Waals surface area contributed by atoms with Gasteiger partial charge in [-0.1, -0.05) is 40.5 Å². The maximum absolute atomic E-state index is 6.44. The van der Waals surface area contributed by atoms with Gasteiger partial charge in [0.1, 0.15) is 0 Å². The smallest absolute Gasteiger partial charge is 0.0467 e. The molecule has 0 fully saturated rings. The van der Waals surface area contributed by atoms with Crippen molar-refractivity contribution in [2.45, 2.75) is 58.3 Å². The van der Waals surface area contributed by atoms with Crippen molar-refractivity contribution < 1.29 is 0 Å². The molecule has 0 bridgehead atoms. The molecule has 1 atom stereocenters. The first-order chi connectivity index (χ1) is 5.06. The van der Waals surface area contributed by atoms with Gasteiger partial charge in [-0.2, -0.15) is 0 Å². The van der Waals surface area contributed by atoms with E-state index in [1.807, 2.05) is 0 Å². The molecule has 1 unspecified atom stereocenters. The van der Waals surface area contributed by atoms with Crippen molar-refractivity contribution in [1.82, 2.24) is 0 Å². The Hall–Kier alpha value is 0.290. The predicted octanol–water partition coefficient (Wildman–Crippen LogP) is 4.22. The van der Waals surface area contributed by atoms with E-state index in [4.69, 9.17) is 11.6 Å². The SMILES string of the molecule is CCCCC(Cl)(CC)C(C)C. The van der Waals surface area contributed by atoms with Crippen molar-refractivity contribution >= 4 is 11.6 Å². The van der Waals surface area contributed by atoms with E-state index in [9.17, 15) is 0 Å². The highest BCUT2D eigenvalue weighted by Crippen LogP contribution is 2.34. The molecule has 1 heteroatoms. The number of halogens is 1. The number of unbranched alkanes of at least 4 members (excludes halogenated alkanes) is 1. The van der Waals surface area contributed by atoms with Crippen molar-refractivity contribution in [2.75, 3.05) is 0 Å². The molecule has 0 aromatic rings. The fourth-order valence-electron chi connectivity index (χ4n) is 1.34. The fraction of sp³-hybridized carbons (Fsp3) is 1.00. The molecule has 0 nitrogen and oxygen atoms in total. The van der Waals surface area contributed by atoms with Crippen molar-refractivity contribution in [3.63, 3.8) is 0 Å². The summed E-state index contributed by atoms with van der Waals surface area (Å²) in [5.74, 6) is 0.598. The third-order valence-corrected chi connectivity index (χ3v) is 3.46. The van der Waals surface area contributed by atoms with E-state index in [0.29, 0.717) is 5.92 Å². The highest BCUT2D eigenvalue weighted by molar-refractivity contribution is 6.24. The Morgan fingerprint density at radius 1 is 1.27 bits per heavy atom. The van der Waals surface area contributed by atoms with Crippen molar-refractivity contribution in [1.29, 1.82) is 0 Å². The standard InChI is InChI=1S/C10H21Cl/c1-5-7-8-10(11,6-2)9(3)4/h9H,5-8H2,1-4H3. The second-order valence-electron chi connectivity index (χ2n) is 3.65. The van der Waals surface area contributed by atoms with Crippen LogP contribution in [0.15, 0.2) is 0 Å². The van der Waals surface area contributed by atoms with Crippen molar-refractivity contribution in [3.8, 4) is 0 Å². The molecule has 0 aromatic carbocycles. The van der Waals surface area contributed by atoms with Crippen LogP contribution in [0.25, 0.3) is 0 Å². The van der Waals surface area contributed by atoms with E-state index in [0.717, 1.165) is 6.42 Å². The average molecular weight is 177 g/mol. The summed E-state index contributed by atoms with van der Waals surface area (Å²) in [5, 5.41) is 0. The highest BCUT2D eigenvalue weighted by atomic mass is 35.5. The van der Waals surface area contributed by atoms with E-state index in [1.54, 1.807) is 0 Å². The molecular weight excluding hydrogens is 156 g/mol. The lowest BCUT2D eigenvalue weighted by Gasteiger charge is -2.29. The lowest BCUT2D eigenvalue weighted by atomic mass is 9.87. The third kappa shape index (κ3) is 3.46. The number of alkyl halides is 1. The van der Waals surface area contributed by atoms with E-state index in [1.165, 1.54) is 19.3 Å². The molecular formula is C10H21Cl. The molecule has 0 heterocycles. The quantitative estimate of drug-likeness (QED) is 0.551. The number of hydrogen-bond acceptors (Lipinski definition) is 0. The highest BCUT2D eigenvalue weighted by Gasteiger charge is 2.27. The second-order valence-corrected chi connectivity index (χ2v) is 4.40. The van der Waals surface area contributed by atoms with Crippen LogP contribution >= 0.6 is 11.6 Å². The van der Waals surface area contributed by atoms with Crippen molar-refractivity contribution in [2.24, 2.45) is 5.92 Å². The summed E-state index contributed by atoms with van der Waals surface area (Å²) >= 11 is 6.44. The van der Waals surface area contributed by atoms with Gasteiger partial charge in [0.05, 0.1) is 0 Å². The first-order valence-corrected chi connectivity index (χ1v) is 5.13. The maximum Gasteiger partial charge on any atom is 0.0467 e. The molecule has 0 aliphatic rings. The largest absolute Gasteiger partial charge is 0.119 e. The molecule has 0 rings (SSSR count). The Kier molecular flexibility index (Phi) is 5.16. The summed E-state index contributed by atoms with van der Waals surface area (Å²) in [4.78, 5) is 0.0655. The van der Waals surface area contributed by atoms with Crippen LogP contribution in [0.3, 0.4) is 0 Å². The van der Waals surface area contributed by atoms with Crippen LogP contribution < -0.4 is 0 Å². The molecule has 11 heavy (non-hydrogen) atoms. The molecule has 0 saturated carbocycles. The zero-order chi connectivity index (χ0) is 8.91. The van der Waals surface area contributed by atoms with Gasteiger partial charge in [0.2, 0.25) is 0 Å². The Bertz CT molecular complexity index is 99.0. The van der Waals surface area contributed by atoms with E-state index < -0.39 is 0 Å². The maximum atomic E-state index is 6.44. The molecule has 0 spiro atoms. The lowest BCUT2D eigenvalue weighted by Crippen LogP contribution is -2.27. The van der Waals surface area contributed by atoms with Crippen LogP contribution in [-0.4, -0.2) is 4.87 Å². The van der Waals surface area contributed by atoms with Crippen molar-refractivity contribution in [3.05, 3.63) is 0 Å². The van der Waals surface area contributed by atoms with Crippen LogP contribution in [0.1, 0.15) is 53.4 Å². The Labute approximate surface area is 76.3 Å². The minimum absolute atomic E-state index is 0.0655. The minimum Gasteiger partial charge on any atom is -0.119 e. The summed E-state index contributed by atoms with van der Waals surface area (Å²) in [7, 11) is 0. The molecule has 0 aliphatic heterocycles. The van der Waals surface area contributed by atoms with Crippen LogP contribution in [0.2, 0.25) is 0 Å². The van der Waals surface area contributed by atoms with E-state index in [-0.39, 0.29) is 4.87 Å². The molecule has 0 radical (unpaired) electrons. The summed E-state index contributed by atoms with van der Waals surface area (Å²) in [5.41, 5.74) is 0. The van der Waals surface area contributed by atoms with Gasteiger partial charge < -0.3 is 0 Å². The van der Waals surface area contributed by atoms with Gasteiger partial charge in [0.25, 0.3) is 0 Å². The van der Waals surface area contributed by atoms with Crippen LogP contribution in [0.4, 0.5) is 0 Å². The first kappa shape index (κ1) is 11.3. The van der Waals surface area contributed by atoms with Gasteiger partial charge in [-0.3, -0.25) is 0 Å². The van der Waals surface area contributed by atoms with Crippen LogP contribution in [0.5, 0.6) is 0 Å². The Morgan fingerprint density at radius 3 is 2.09 bits per heavy atom. The second kappa shape index (κ2) is 5.03. The topological polar surface area (TPSA) is 0 Å². The monoisotopic (exact) mass is 176 g/mol. The molecule has 0 N–H and O–H groups in total. The number of hydrogen-bond donors (Lipinski definition) is 0.